The summed E-state index contributed by atoms with van der Waals surface area (Å²) >= 11 is 12.0. The van der Waals surface area contributed by atoms with E-state index in [-0.39, 0.29) is 6.61 Å². The minimum absolute atomic E-state index is 0.242. The Kier molecular flexibility index (Phi) is 5.32. The van der Waals surface area contributed by atoms with E-state index in [1.807, 2.05) is 12.1 Å². The van der Waals surface area contributed by atoms with Crippen molar-refractivity contribution in [1.82, 2.24) is 0 Å². The van der Waals surface area contributed by atoms with Gasteiger partial charge in [-0.1, -0.05) is 23.7 Å². The lowest BCUT2D eigenvalue weighted by molar-refractivity contribution is 0.294. The van der Waals surface area contributed by atoms with Crippen molar-refractivity contribution in [3.05, 3.63) is 58.1 Å². The van der Waals surface area contributed by atoms with Crippen LogP contribution >= 0.6 is 23.2 Å². The Hall–Kier alpha value is -1.89. The molecular weight excluding hydrogens is 309 g/mol. The smallest absolute Gasteiger partial charge is 0.142 e. The zero-order valence-electron chi connectivity index (χ0n) is 11.4. The molecule has 0 radical (unpaired) electrons. The molecule has 0 aliphatic heterocycles. The standard InChI is InChI=1S/C16H13Cl2NO2/c1-20-15-6-5-11(9-19)7-13(15)10-21-16-12(8-17)3-2-4-14(16)18/h2-7H,8,10H2,1H3. The zero-order valence-corrected chi connectivity index (χ0v) is 12.9. The normalized spacial score (nSPS) is 10.0. The fourth-order valence-corrected chi connectivity index (χ4v) is 2.39. The van der Waals surface area contributed by atoms with Crippen LogP contribution in [0.5, 0.6) is 11.5 Å². The molecule has 0 aliphatic carbocycles. The molecule has 21 heavy (non-hydrogen) atoms. The number of nitrogens with zero attached hydrogens (tertiary/aromatic N) is 1. The van der Waals surface area contributed by atoms with E-state index in [0.717, 1.165) is 11.1 Å². The first kappa shape index (κ1) is 15.5. The molecule has 0 spiro atoms. The van der Waals surface area contributed by atoms with Gasteiger partial charge in [-0.15, -0.1) is 11.6 Å². The largest absolute Gasteiger partial charge is 0.496 e. The summed E-state index contributed by atoms with van der Waals surface area (Å²) in [5, 5.41) is 9.47. The number of alkyl halides is 1. The number of rotatable bonds is 5. The van der Waals surface area contributed by atoms with Crippen LogP contribution in [-0.4, -0.2) is 7.11 Å². The third-order valence-electron chi connectivity index (χ3n) is 2.97. The van der Waals surface area contributed by atoms with Gasteiger partial charge in [-0.05, 0) is 24.3 Å². The molecule has 0 unspecified atom stereocenters. The number of halogens is 2. The molecule has 2 rings (SSSR count). The molecule has 2 aromatic carbocycles. The Labute approximate surface area is 133 Å². The van der Waals surface area contributed by atoms with Crippen LogP contribution < -0.4 is 9.47 Å². The zero-order chi connectivity index (χ0) is 15.2. The van der Waals surface area contributed by atoms with Crippen molar-refractivity contribution in [1.29, 1.82) is 5.26 Å². The molecule has 0 heterocycles. The van der Waals surface area contributed by atoms with Crippen molar-refractivity contribution in [2.45, 2.75) is 12.5 Å². The predicted molar refractivity (Wildman–Crippen MR) is 83.1 cm³/mol. The van der Waals surface area contributed by atoms with Gasteiger partial charge in [0.25, 0.3) is 0 Å². The van der Waals surface area contributed by atoms with Crippen molar-refractivity contribution in [3.63, 3.8) is 0 Å². The van der Waals surface area contributed by atoms with Gasteiger partial charge in [0.15, 0.2) is 0 Å². The number of methoxy groups -OCH3 is 1. The number of hydrogen-bond donors (Lipinski definition) is 0. The third kappa shape index (κ3) is 3.60. The van der Waals surface area contributed by atoms with Crippen LogP contribution in [0.4, 0.5) is 0 Å². The average Bonchev–Trinajstić information content (AvgIpc) is 2.53. The van der Waals surface area contributed by atoms with Gasteiger partial charge in [0.05, 0.1) is 29.6 Å². The number of nitriles is 1. The average molecular weight is 322 g/mol. The van der Waals surface area contributed by atoms with Crippen molar-refractivity contribution >= 4 is 23.2 Å². The van der Waals surface area contributed by atoms with E-state index in [9.17, 15) is 0 Å². The summed E-state index contributed by atoms with van der Waals surface area (Å²) in [5.41, 5.74) is 2.14. The molecule has 5 heteroatoms. The summed E-state index contributed by atoms with van der Waals surface area (Å²) in [6.07, 6.45) is 0. The Bertz CT molecular complexity index is 680. The molecular formula is C16H13Cl2NO2. The molecule has 0 amide bonds. The maximum Gasteiger partial charge on any atom is 0.142 e. The number of ether oxygens (including phenoxy) is 2. The van der Waals surface area contributed by atoms with Crippen LogP contribution in [0.2, 0.25) is 5.02 Å². The van der Waals surface area contributed by atoms with E-state index in [1.54, 1.807) is 31.4 Å². The summed E-state index contributed by atoms with van der Waals surface area (Å²) in [6, 6.07) is 12.7. The van der Waals surface area contributed by atoms with Crippen LogP contribution in [0.15, 0.2) is 36.4 Å². The van der Waals surface area contributed by atoms with Crippen LogP contribution in [0, 0.1) is 11.3 Å². The second-order valence-electron chi connectivity index (χ2n) is 4.29. The van der Waals surface area contributed by atoms with E-state index >= 15 is 0 Å². The third-order valence-corrected chi connectivity index (χ3v) is 3.56. The fraction of sp³-hybridized carbons (Fsp3) is 0.188. The van der Waals surface area contributed by atoms with Gasteiger partial charge in [0.2, 0.25) is 0 Å². The fourth-order valence-electron chi connectivity index (χ4n) is 1.93. The maximum atomic E-state index is 8.97. The van der Waals surface area contributed by atoms with Gasteiger partial charge in [0.1, 0.15) is 18.1 Å². The van der Waals surface area contributed by atoms with Gasteiger partial charge in [0, 0.05) is 11.1 Å². The Morgan fingerprint density at radius 3 is 2.67 bits per heavy atom. The first-order valence-corrected chi connectivity index (χ1v) is 7.14. The summed E-state index contributed by atoms with van der Waals surface area (Å²) in [5.74, 6) is 1.53. The Morgan fingerprint density at radius 1 is 1.19 bits per heavy atom. The second-order valence-corrected chi connectivity index (χ2v) is 4.96. The molecule has 0 fully saturated rings. The monoisotopic (exact) mass is 321 g/mol. The highest BCUT2D eigenvalue weighted by Gasteiger charge is 2.10. The van der Waals surface area contributed by atoms with E-state index in [4.69, 9.17) is 37.9 Å². The molecule has 0 N–H and O–H groups in total. The van der Waals surface area contributed by atoms with E-state index in [2.05, 4.69) is 6.07 Å². The van der Waals surface area contributed by atoms with Crippen molar-refractivity contribution < 1.29 is 9.47 Å². The summed E-state index contributed by atoms with van der Waals surface area (Å²) < 4.78 is 11.1. The van der Waals surface area contributed by atoms with Crippen LogP contribution in [0.3, 0.4) is 0 Å². The quantitative estimate of drug-likeness (QED) is 0.759. The SMILES string of the molecule is COc1ccc(C#N)cc1COc1c(Cl)cccc1CCl. The molecule has 0 saturated carbocycles. The Morgan fingerprint density at radius 2 is 2.00 bits per heavy atom. The Balaban J connectivity index is 2.26. The first-order valence-electron chi connectivity index (χ1n) is 6.22. The lowest BCUT2D eigenvalue weighted by atomic mass is 10.1. The van der Waals surface area contributed by atoms with Crippen molar-refractivity contribution in [2.75, 3.05) is 7.11 Å². The van der Waals surface area contributed by atoms with Gasteiger partial charge < -0.3 is 9.47 Å². The molecule has 0 aromatic heterocycles. The van der Waals surface area contributed by atoms with Crippen molar-refractivity contribution in [3.8, 4) is 17.6 Å². The number of benzene rings is 2. The highest BCUT2D eigenvalue weighted by Crippen LogP contribution is 2.31. The van der Waals surface area contributed by atoms with E-state index in [1.165, 1.54) is 0 Å². The molecule has 108 valence electrons. The molecule has 0 aliphatic rings. The summed E-state index contributed by atoms with van der Waals surface area (Å²) in [4.78, 5) is 0. The van der Waals surface area contributed by atoms with Crippen LogP contribution in [0.1, 0.15) is 16.7 Å². The minimum Gasteiger partial charge on any atom is -0.496 e. The van der Waals surface area contributed by atoms with Gasteiger partial charge in [-0.2, -0.15) is 5.26 Å². The lowest BCUT2D eigenvalue weighted by Crippen LogP contribution is -2.01. The highest BCUT2D eigenvalue weighted by atomic mass is 35.5. The van der Waals surface area contributed by atoms with Gasteiger partial charge in [-0.3, -0.25) is 0 Å². The minimum atomic E-state index is 0.242. The van der Waals surface area contributed by atoms with Crippen LogP contribution in [0.25, 0.3) is 0 Å². The van der Waals surface area contributed by atoms with Gasteiger partial charge >= 0.3 is 0 Å². The van der Waals surface area contributed by atoms with E-state index in [0.29, 0.717) is 28.0 Å². The second kappa shape index (κ2) is 7.21. The highest BCUT2D eigenvalue weighted by molar-refractivity contribution is 6.32. The number of hydrogen-bond acceptors (Lipinski definition) is 3. The molecule has 0 bridgehead atoms. The molecule has 0 atom stereocenters. The first-order chi connectivity index (χ1) is 10.2. The topological polar surface area (TPSA) is 42.2 Å². The molecule has 2 aromatic rings. The van der Waals surface area contributed by atoms with Crippen molar-refractivity contribution in [2.24, 2.45) is 0 Å². The van der Waals surface area contributed by atoms with Gasteiger partial charge in [-0.25, -0.2) is 0 Å². The maximum absolute atomic E-state index is 8.97. The van der Waals surface area contributed by atoms with E-state index < -0.39 is 0 Å². The predicted octanol–water partition coefficient (Wildman–Crippen LogP) is 4.54. The number of para-hydroxylation sites is 1. The summed E-state index contributed by atoms with van der Waals surface area (Å²) in [6.45, 7) is 0.242. The molecule has 3 nitrogen and oxygen atoms in total. The molecule has 0 saturated heterocycles. The summed E-state index contributed by atoms with van der Waals surface area (Å²) in [7, 11) is 1.57. The lowest BCUT2D eigenvalue weighted by Gasteiger charge is -2.14. The van der Waals surface area contributed by atoms with Crippen LogP contribution in [-0.2, 0) is 12.5 Å².